The van der Waals surface area contributed by atoms with Gasteiger partial charge in [0.05, 0.1) is 18.2 Å². The van der Waals surface area contributed by atoms with Crippen LogP contribution in [0, 0.1) is 17.1 Å². The number of carboxylic acids is 1. The number of hydrogen-bond acceptors (Lipinski definition) is 7. The zero-order valence-corrected chi connectivity index (χ0v) is 21.8. The number of nitrogens with zero attached hydrogens (tertiary/aromatic N) is 2. The quantitative estimate of drug-likeness (QED) is 0.252. The lowest BCUT2D eigenvalue weighted by Crippen LogP contribution is -2.42. The number of hydrogen-bond donors (Lipinski definition) is 3. The Bertz CT molecular complexity index is 1600. The molecule has 1 heterocycles. The maximum atomic E-state index is 13.9. The Labute approximate surface area is 234 Å². The van der Waals surface area contributed by atoms with Crippen LogP contribution in [0.5, 0.6) is 0 Å². The van der Waals surface area contributed by atoms with Crippen LogP contribution in [-0.4, -0.2) is 34.3 Å². The first-order valence-corrected chi connectivity index (χ1v) is 12.5. The number of halogens is 1. The van der Waals surface area contributed by atoms with E-state index < -0.39 is 35.9 Å². The van der Waals surface area contributed by atoms with E-state index in [0.29, 0.717) is 27.9 Å². The largest absolute Gasteiger partial charge is 0.480 e. The van der Waals surface area contributed by atoms with E-state index in [-0.39, 0.29) is 24.1 Å². The third-order valence-corrected chi connectivity index (χ3v) is 6.21. The Morgan fingerprint density at radius 1 is 1.10 bits per heavy atom. The van der Waals surface area contributed by atoms with E-state index in [1.807, 2.05) is 6.07 Å². The second-order valence-electron chi connectivity index (χ2n) is 9.07. The van der Waals surface area contributed by atoms with Gasteiger partial charge in [0.25, 0.3) is 5.91 Å². The van der Waals surface area contributed by atoms with Crippen molar-refractivity contribution in [1.29, 1.82) is 5.26 Å². The molecule has 2 unspecified atom stereocenters. The fraction of sp³-hybridized carbons (Fsp3) is 0.167. The van der Waals surface area contributed by atoms with Crippen molar-refractivity contribution in [3.05, 3.63) is 113 Å². The van der Waals surface area contributed by atoms with Crippen molar-refractivity contribution in [3.8, 4) is 17.3 Å². The van der Waals surface area contributed by atoms with Gasteiger partial charge in [0.15, 0.2) is 0 Å². The van der Waals surface area contributed by atoms with Crippen molar-refractivity contribution in [3.63, 3.8) is 0 Å². The Morgan fingerprint density at radius 2 is 1.85 bits per heavy atom. The SMILES string of the molecule is CC(OC(=O)NCc1conc1-c1ccc(C(=O)NC(Cc2cccc(C#N)c2)C(=O)O)cc1)c1ccccc1F. The minimum absolute atomic E-state index is 0.00543. The summed E-state index contributed by atoms with van der Waals surface area (Å²) < 4.78 is 24.3. The number of aromatic nitrogens is 1. The van der Waals surface area contributed by atoms with Gasteiger partial charge in [-0.25, -0.2) is 14.0 Å². The summed E-state index contributed by atoms with van der Waals surface area (Å²) in [5, 5.41) is 27.7. The molecule has 11 heteroatoms. The first-order valence-electron chi connectivity index (χ1n) is 12.5. The van der Waals surface area contributed by atoms with Crippen LogP contribution in [0.3, 0.4) is 0 Å². The summed E-state index contributed by atoms with van der Waals surface area (Å²) in [7, 11) is 0. The Morgan fingerprint density at radius 3 is 2.56 bits per heavy atom. The number of ether oxygens (including phenoxy) is 1. The third-order valence-electron chi connectivity index (χ3n) is 6.21. The van der Waals surface area contributed by atoms with E-state index in [1.54, 1.807) is 55.5 Å². The lowest BCUT2D eigenvalue weighted by molar-refractivity contribution is -0.139. The minimum Gasteiger partial charge on any atom is -0.480 e. The molecule has 0 fully saturated rings. The van der Waals surface area contributed by atoms with Gasteiger partial charge in [-0.05, 0) is 42.8 Å². The number of benzene rings is 3. The normalized spacial score (nSPS) is 12.0. The molecule has 2 amide bonds. The highest BCUT2D eigenvalue weighted by Crippen LogP contribution is 2.24. The predicted molar refractivity (Wildman–Crippen MR) is 144 cm³/mol. The van der Waals surface area contributed by atoms with Crippen LogP contribution in [0.4, 0.5) is 9.18 Å². The van der Waals surface area contributed by atoms with Crippen LogP contribution in [0.25, 0.3) is 11.3 Å². The molecule has 3 aromatic carbocycles. The molecule has 0 spiro atoms. The number of carbonyl (C=O) groups excluding carboxylic acids is 2. The molecule has 4 rings (SSSR count). The molecule has 0 saturated heterocycles. The average Bonchev–Trinajstić information content (AvgIpc) is 3.44. The van der Waals surface area contributed by atoms with Crippen LogP contribution < -0.4 is 10.6 Å². The minimum atomic E-state index is -1.21. The van der Waals surface area contributed by atoms with Crippen molar-refractivity contribution < 1.29 is 33.1 Å². The summed E-state index contributed by atoms with van der Waals surface area (Å²) in [5.41, 5.74) is 3.00. The summed E-state index contributed by atoms with van der Waals surface area (Å²) >= 11 is 0. The van der Waals surface area contributed by atoms with Crippen molar-refractivity contribution in [2.24, 2.45) is 0 Å². The fourth-order valence-corrected chi connectivity index (χ4v) is 4.08. The molecular weight excluding hydrogens is 531 g/mol. The van der Waals surface area contributed by atoms with Crippen molar-refractivity contribution in [1.82, 2.24) is 15.8 Å². The Balaban J connectivity index is 1.36. The highest BCUT2D eigenvalue weighted by Gasteiger charge is 2.22. The molecule has 0 aliphatic carbocycles. The summed E-state index contributed by atoms with van der Waals surface area (Å²) in [5.74, 6) is -2.27. The highest BCUT2D eigenvalue weighted by molar-refractivity contribution is 5.97. The van der Waals surface area contributed by atoms with Gasteiger partial charge in [0.2, 0.25) is 0 Å². The second kappa shape index (κ2) is 13.0. The molecule has 10 nitrogen and oxygen atoms in total. The predicted octanol–water partition coefficient (Wildman–Crippen LogP) is 4.77. The molecule has 2 atom stereocenters. The topological polar surface area (TPSA) is 155 Å². The van der Waals surface area contributed by atoms with Crippen LogP contribution in [0.1, 0.15) is 45.6 Å². The van der Waals surface area contributed by atoms with Crippen LogP contribution in [0.2, 0.25) is 0 Å². The van der Waals surface area contributed by atoms with Crippen LogP contribution in [0.15, 0.2) is 83.6 Å². The molecule has 0 aliphatic rings. The standard InChI is InChI=1S/C30H25FN4O6/c1-18(24-7-2-3-8-25(24)31)41-30(39)33-16-23-17-40-35-27(23)21-9-11-22(12-10-21)28(36)34-26(29(37)38)14-19-5-4-6-20(13-19)15-32/h2-13,17-18,26H,14,16H2,1H3,(H,33,39)(H,34,36)(H,37,38). The van der Waals surface area contributed by atoms with Crippen LogP contribution >= 0.6 is 0 Å². The number of nitriles is 1. The summed E-state index contributed by atoms with van der Waals surface area (Å²) in [6.07, 6.45) is -0.201. The molecule has 208 valence electrons. The van der Waals surface area contributed by atoms with Crippen molar-refractivity contribution in [2.75, 3.05) is 0 Å². The van der Waals surface area contributed by atoms with Crippen molar-refractivity contribution >= 4 is 18.0 Å². The molecule has 0 aliphatic heterocycles. The van der Waals surface area contributed by atoms with Gasteiger partial charge in [0.1, 0.15) is 29.9 Å². The number of carbonyl (C=O) groups is 3. The molecule has 0 bridgehead atoms. The lowest BCUT2D eigenvalue weighted by atomic mass is 10.0. The number of nitrogens with one attached hydrogen (secondary N) is 2. The maximum absolute atomic E-state index is 13.9. The van der Waals surface area contributed by atoms with E-state index in [0.717, 1.165) is 0 Å². The van der Waals surface area contributed by atoms with E-state index in [1.165, 1.54) is 30.5 Å². The van der Waals surface area contributed by atoms with Gasteiger partial charge in [-0.15, -0.1) is 0 Å². The first kappa shape index (κ1) is 28.5. The number of aliphatic carboxylic acids is 1. The average molecular weight is 557 g/mol. The number of rotatable bonds is 10. The number of alkyl carbamates (subject to hydrolysis) is 1. The zero-order valence-electron chi connectivity index (χ0n) is 21.8. The summed E-state index contributed by atoms with van der Waals surface area (Å²) in [4.78, 5) is 36.8. The molecule has 41 heavy (non-hydrogen) atoms. The Hall–Kier alpha value is -5.50. The number of amides is 2. The van der Waals surface area contributed by atoms with Crippen molar-refractivity contribution in [2.45, 2.75) is 32.0 Å². The van der Waals surface area contributed by atoms with Gasteiger partial charge in [-0.3, -0.25) is 4.79 Å². The van der Waals surface area contributed by atoms with Gasteiger partial charge >= 0.3 is 12.1 Å². The molecule has 0 saturated carbocycles. The van der Waals surface area contributed by atoms with Gasteiger partial charge in [-0.1, -0.05) is 47.6 Å². The van der Waals surface area contributed by atoms with Crippen LogP contribution in [-0.2, 0) is 22.5 Å². The molecule has 4 aromatic rings. The molecule has 3 N–H and O–H groups in total. The van der Waals surface area contributed by atoms with Gasteiger partial charge in [0, 0.05) is 28.7 Å². The summed E-state index contributed by atoms with van der Waals surface area (Å²) in [6.45, 7) is 1.57. The smallest absolute Gasteiger partial charge is 0.408 e. The lowest BCUT2D eigenvalue weighted by Gasteiger charge is -2.15. The third kappa shape index (κ3) is 7.33. The maximum Gasteiger partial charge on any atom is 0.408 e. The second-order valence-corrected chi connectivity index (χ2v) is 9.07. The van der Waals surface area contributed by atoms with Gasteiger partial charge in [-0.2, -0.15) is 5.26 Å². The van der Waals surface area contributed by atoms with E-state index >= 15 is 0 Å². The molecule has 0 radical (unpaired) electrons. The Kier molecular flexibility index (Phi) is 9.06. The first-order chi connectivity index (χ1) is 19.7. The van der Waals surface area contributed by atoms with E-state index in [2.05, 4.69) is 15.8 Å². The highest BCUT2D eigenvalue weighted by atomic mass is 19.1. The fourth-order valence-electron chi connectivity index (χ4n) is 4.08. The monoisotopic (exact) mass is 556 g/mol. The zero-order chi connectivity index (χ0) is 29.4. The van der Waals surface area contributed by atoms with E-state index in [9.17, 15) is 23.9 Å². The number of carboxylic acid groups (broad SMARTS) is 1. The molecule has 1 aromatic heterocycles. The molecular formula is C30H25FN4O6. The summed E-state index contributed by atoms with van der Waals surface area (Å²) in [6, 6.07) is 19.6. The van der Waals surface area contributed by atoms with Gasteiger partial charge < -0.3 is 25.0 Å². The van der Waals surface area contributed by atoms with E-state index in [4.69, 9.17) is 14.5 Å².